The van der Waals surface area contributed by atoms with Gasteiger partial charge in [0.1, 0.15) is 12.4 Å². The summed E-state index contributed by atoms with van der Waals surface area (Å²) in [5, 5.41) is 1.15. The second kappa shape index (κ2) is 2.84. The van der Waals surface area contributed by atoms with Crippen molar-refractivity contribution < 1.29 is 4.74 Å². The number of hydrogen-bond acceptors (Lipinski definition) is 2. The van der Waals surface area contributed by atoms with Gasteiger partial charge in [-0.05, 0) is 24.3 Å². The molecule has 0 unspecified atom stereocenters. The minimum Gasteiger partial charge on any atom is -0.489 e. The zero-order chi connectivity index (χ0) is 9.38. The molecule has 1 aliphatic heterocycles. The minimum atomic E-state index is 0.665. The molecule has 2 nitrogen and oxygen atoms in total. The third-order valence-corrected chi connectivity index (χ3v) is 2.41. The first-order valence-electron chi connectivity index (χ1n) is 4.62. The first kappa shape index (κ1) is 7.56. The highest BCUT2D eigenvalue weighted by Gasteiger charge is 2.08. The summed E-state index contributed by atoms with van der Waals surface area (Å²) in [7, 11) is 0. The lowest BCUT2D eigenvalue weighted by Gasteiger charge is -2.13. The molecule has 2 heterocycles. The highest BCUT2D eigenvalue weighted by molar-refractivity contribution is 5.91. The summed E-state index contributed by atoms with van der Waals surface area (Å²) in [4.78, 5) is 4.30. The van der Waals surface area contributed by atoms with Crippen LogP contribution in [0.25, 0.3) is 17.0 Å². The van der Waals surface area contributed by atoms with Crippen molar-refractivity contribution in [3.8, 4) is 5.75 Å². The van der Waals surface area contributed by atoms with Crippen molar-refractivity contribution in [3.05, 3.63) is 42.1 Å². The van der Waals surface area contributed by atoms with Crippen LogP contribution in [0.3, 0.4) is 0 Å². The van der Waals surface area contributed by atoms with Crippen LogP contribution in [-0.2, 0) is 0 Å². The number of nitrogens with zero attached hydrogens (tertiary/aromatic N) is 1. The van der Waals surface area contributed by atoms with Crippen LogP contribution in [0, 0.1) is 0 Å². The third-order valence-electron chi connectivity index (χ3n) is 2.41. The Morgan fingerprint density at radius 1 is 1.21 bits per heavy atom. The van der Waals surface area contributed by atoms with E-state index in [0.29, 0.717) is 6.61 Å². The van der Waals surface area contributed by atoms with E-state index in [1.165, 1.54) is 0 Å². The minimum absolute atomic E-state index is 0.665. The molecular formula is C12H9NO. The molecule has 2 heteroatoms. The van der Waals surface area contributed by atoms with Crippen molar-refractivity contribution in [2.24, 2.45) is 0 Å². The van der Waals surface area contributed by atoms with Crippen LogP contribution >= 0.6 is 0 Å². The van der Waals surface area contributed by atoms with E-state index in [1.807, 2.05) is 30.5 Å². The number of pyridine rings is 1. The molecule has 0 atom stereocenters. The Hall–Kier alpha value is -1.83. The van der Waals surface area contributed by atoms with Gasteiger partial charge in [-0.25, -0.2) is 0 Å². The van der Waals surface area contributed by atoms with Crippen LogP contribution < -0.4 is 4.74 Å². The van der Waals surface area contributed by atoms with Crippen molar-refractivity contribution in [1.82, 2.24) is 4.98 Å². The number of benzene rings is 1. The van der Waals surface area contributed by atoms with Gasteiger partial charge in [-0.2, -0.15) is 0 Å². The SMILES string of the molecule is C1=Cc2c(ccc3ncccc23)OC1. The van der Waals surface area contributed by atoms with E-state index in [1.54, 1.807) is 0 Å². The lowest BCUT2D eigenvalue weighted by Crippen LogP contribution is -2.00. The molecule has 1 aliphatic rings. The Labute approximate surface area is 81.8 Å². The second-order valence-electron chi connectivity index (χ2n) is 3.26. The predicted molar refractivity (Wildman–Crippen MR) is 56.3 cm³/mol. The van der Waals surface area contributed by atoms with Gasteiger partial charge >= 0.3 is 0 Å². The van der Waals surface area contributed by atoms with Crippen LogP contribution in [0.5, 0.6) is 5.75 Å². The molecule has 68 valence electrons. The number of fused-ring (bicyclic) bond motifs is 3. The fourth-order valence-corrected chi connectivity index (χ4v) is 1.76. The normalized spacial score (nSPS) is 13.7. The molecule has 3 rings (SSSR count). The molecular weight excluding hydrogens is 174 g/mol. The molecule has 0 bridgehead atoms. The molecule has 0 aliphatic carbocycles. The van der Waals surface area contributed by atoms with Crippen molar-refractivity contribution in [2.75, 3.05) is 6.61 Å². The van der Waals surface area contributed by atoms with Crippen molar-refractivity contribution in [3.63, 3.8) is 0 Å². The number of ether oxygens (including phenoxy) is 1. The summed E-state index contributed by atoms with van der Waals surface area (Å²) >= 11 is 0. The fraction of sp³-hybridized carbons (Fsp3) is 0.0833. The smallest absolute Gasteiger partial charge is 0.127 e. The molecule has 2 aromatic rings. The van der Waals surface area contributed by atoms with E-state index in [9.17, 15) is 0 Å². The number of hydrogen-bond donors (Lipinski definition) is 0. The molecule has 0 N–H and O–H groups in total. The van der Waals surface area contributed by atoms with E-state index in [0.717, 1.165) is 22.2 Å². The van der Waals surface area contributed by atoms with Crippen LogP contribution in [0.2, 0.25) is 0 Å². The molecule has 14 heavy (non-hydrogen) atoms. The summed E-state index contributed by atoms with van der Waals surface area (Å²) in [6, 6.07) is 7.99. The van der Waals surface area contributed by atoms with E-state index < -0.39 is 0 Å². The Kier molecular flexibility index (Phi) is 1.53. The number of aromatic nitrogens is 1. The van der Waals surface area contributed by atoms with Crippen LogP contribution in [0.4, 0.5) is 0 Å². The third kappa shape index (κ3) is 1.01. The van der Waals surface area contributed by atoms with Crippen LogP contribution in [-0.4, -0.2) is 11.6 Å². The van der Waals surface area contributed by atoms with Crippen molar-refractivity contribution >= 4 is 17.0 Å². The van der Waals surface area contributed by atoms with Crippen molar-refractivity contribution in [1.29, 1.82) is 0 Å². The first-order chi connectivity index (χ1) is 6.95. The first-order valence-corrected chi connectivity index (χ1v) is 4.62. The van der Waals surface area contributed by atoms with Gasteiger partial charge in [-0.1, -0.05) is 12.1 Å². The summed E-state index contributed by atoms with van der Waals surface area (Å²) < 4.78 is 5.52. The maximum atomic E-state index is 5.52. The van der Waals surface area contributed by atoms with E-state index in [4.69, 9.17) is 4.74 Å². The summed E-state index contributed by atoms with van der Waals surface area (Å²) in [6.45, 7) is 0.665. The second-order valence-corrected chi connectivity index (χ2v) is 3.26. The van der Waals surface area contributed by atoms with Gasteiger partial charge in [0.2, 0.25) is 0 Å². The Bertz CT molecular complexity index is 517. The molecule has 1 aromatic carbocycles. The topological polar surface area (TPSA) is 22.1 Å². The van der Waals surface area contributed by atoms with E-state index in [2.05, 4.69) is 17.1 Å². The van der Waals surface area contributed by atoms with Crippen LogP contribution in [0.15, 0.2) is 36.5 Å². The highest BCUT2D eigenvalue weighted by atomic mass is 16.5. The molecule has 0 radical (unpaired) electrons. The predicted octanol–water partition coefficient (Wildman–Crippen LogP) is 2.64. The lowest BCUT2D eigenvalue weighted by atomic mass is 10.1. The average molecular weight is 183 g/mol. The maximum Gasteiger partial charge on any atom is 0.127 e. The summed E-state index contributed by atoms with van der Waals surface area (Å²) in [6.07, 6.45) is 5.93. The van der Waals surface area contributed by atoms with E-state index >= 15 is 0 Å². The Morgan fingerprint density at radius 2 is 2.21 bits per heavy atom. The zero-order valence-corrected chi connectivity index (χ0v) is 7.60. The van der Waals surface area contributed by atoms with E-state index in [-0.39, 0.29) is 0 Å². The Balaban J connectivity index is 2.42. The molecule has 0 spiro atoms. The van der Waals surface area contributed by atoms with Gasteiger partial charge < -0.3 is 4.74 Å². The molecule has 0 saturated carbocycles. The Morgan fingerprint density at radius 3 is 3.21 bits per heavy atom. The van der Waals surface area contributed by atoms with Gasteiger partial charge in [0, 0.05) is 17.1 Å². The highest BCUT2D eigenvalue weighted by Crippen LogP contribution is 2.30. The molecule has 1 aromatic heterocycles. The van der Waals surface area contributed by atoms with Gasteiger partial charge in [0.05, 0.1) is 5.52 Å². The molecule has 0 fully saturated rings. The van der Waals surface area contributed by atoms with Crippen molar-refractivity contribution in [2.45, 2.75) is 0 Å². The monoisotopic (exact) mass is 183 g/mol. The van der Waals surface area contributed by atoms with Gasteiger partial charge in [-0.3, -0.25) is 4.98 Å². The molecule has 0 amide bonds. The average Bonchev–Trinajstić information content (AvgIpc) is 2.29. The number of rotatable bonds is 0. The lowest BCUT2D eigenvalue weighted by molar-refractivity contribution is 0.359. The maximum absolute atomic E-state index is 5.52. The quantitative estimate of drug-likeness (QED) is 0.626. The molecule has 0 saturated heterocycles. The summed E-state index contributed by atoms with van der Waals surface area (Å²) in [5.41, 5.74) is 2.16. The fourth-order valence-electron chi connectivity index (χ4n) is 1.76. The van der Waals surface area contributed by atoms with Gasteiger partial charge in [-0.15, -0.1) is 0 Å². The zero-order valence-electron chi connectivity index (χ0n) is 7.60. The van der Waals surface area contributed by atoms with Crippen LogP contribution in [0.1, 0.15) is 5.56 Å². The van der Waals surface area contributed by atoms with Gasteiger partial charge in [0.15, 0.2) is 0 Å². The standard InChI is InChI=1S/C12H9NO/c1-3-9-10-4-2-8-14-12(10)6-5-11(9)13-7-1/h1-7H,8H2. The van der Waals surface area contributed by atoms with Gasteiger partial charge in [0.25, 0.3) is 0 Å². The largest absolute Gasteiger partial charge is 0.489 e. The summed E-state index contributed by atoms with van der Waals surface area (Å²) in [5.74, 6) is 0.952.